The molecule has 0 atom stereocenters. The zero-order chi connectivity index (χ0) is 15.8. The molecule has 23 heavy (non-hydrogen) atoms. The number of carbonyl (C=O) groups excluding carboxylic acids is 1. The lowest BCUT2D eigenvalue weighted by Gasteiger charge is -2.19. The standard InChI is InChI=1S/C17H17N3O3/c1-10-13(9-18-16(19-10)11-2-3-11)17(21)20-12-4-5-14-15(8-12)23-7-6-22-14/h4-5,8-9,11H,2-3,6-7H2,1H3,(H,20,21). The van der Waals surface area contributed by atoms with Gasteiger partial charge in [-0.1, -0.05) is 0 Å². The quantitative estimate of drug-likeness (QED) is 0.943. The summed E-state index contributed by atoms with van der Waals surface area (Å²) >= 11 is 0. The first-order valence-electron chi connectivity index (χ1n) is 7.75. The molecule has 0 bridgehead atoms. The number of nitrogens with one attached hydrogen (secondary N) is 1. The van der Waals surface area contributed by atoms with Crippen molar-refractivity contribution in [3.8, 4) is 11.5 Å². The van der Waals surface area contributed by atoms with E-state index < -0.39 is 0 Å². The van der Waals surface area contributed by atoms with E-state index in [1.165, 1.54) is 0 Å². The first kappa shape index (κ1) is 14.0. The Hall–Kier alpha value is -2.63. The van der Waals surface area contributed by atoms with Crippen molar-refractivity contribution in [2.45, 2.75) is 25.7 Å². The van der Waals surface area contributed by atoms with Crippen molar-refractivity contribution < 1.29 is 14.3 Å². The zero-order valence-electron chi connectivity index (χ0n) is 12.8. The number of aromatic nitrogens is 2. The van der Waals surface area contributed by atoms with Crippen molar-refractivity contribution in [1.29, 1.82) is 0 Å². The molecule has 0 saturated heterocycles. The van der Waals surface area contributed by atoms with Crippen LogP contribution in [0.5, 0.6) is 11.5 Å². The van der Waals surface area contributed by atoms with E-state index in [1.54, 1.807) is 24.4 Å². The highest BCUT2D eigenvalue weighted by Gasteiger charge is 2.27. The molecular weight excluding hydrogens is 294 g/mol. The number of rotatable bonds is 3. The molecule has 0 radical (unpaired) electrons. The van der Waals surface area contributed by atoms with Crippen LogP contribution in [0.15, 0.2) is 24.4 Å². The van der Waals surface area contributed by atoms with Crippen LogP contribution in [0.1, 0.15) is 40.6 Å². The summed E-state index contributed by atoms with van der Waals surface area (Å²) in [4.78, 5) is 21.2. The van der Waals surface area contributed by atoms with E-state index in [9.17, 15) is 4.79 Å². The summed E-state index contributed by atoms with van der Waals surface area (Å²) in [6, 6.07) is 5.35. The third kappa shape index (κ3) is 2.84. The summed E-state index contributed by atoms with van der Waals surface area (Å²) in [7, 11) is 0. The van der Waals surface area contributed by atoms with Crippen LogP contribution >= 0.6 is 0 Å². The minimum atomic E-state index is -0.221. The number of ether oxygens (including phenoxy) is 2. The monoisotopic (exact) mass is 311 g/mol. The topological polar surface area (TPSA) is 73.3 Å². The average molecular weight is 311 g/mol. The van der Waals surface area contributed by atoms with Gasteiger partial charge in [0.2, 0.25) is 0 Å². The van der Waals surface area contributed by atoms with E-state index in [4.69, 9.17) is 9.47 Å². The minimum Gasteiger partial charge on any atom is -0.486 e. The largest absolute Gasteiger partial charge is 0.486 e. The number of fused-ring (bicyclic) bond motifs is 1. The maximum absolute atomic E-state index is 12.4. The summed E-state index contributed by atoms with van der Waals surface area (Å²) in [5.41, 5.74) is 1.85. The highest BCUT2D eigenvalue weighted by molar-refractivity contribution is 6.04. The van der Waals surface area contributed by atoms with Crippen LogP contribution in [-0.2, 0) is 0 Å². The molecule has 0 unspecified atom stereocenters. The molecule has 2 heterocycles. The van der Waals surface area contributed by atoms with E-state index >= 15 is 0 Å². The van der Waals surface area contributed by atoms with Crippen molar-refractivity contribution in [2.75, 3.05) is 18.5 Å². The average Bonchev–Trinajstić information content (AvgIpc) is 3.39. The molecule has 1 aliphatic heterocycles. The number of carbonyl (C=O) groups is 1. The van der Waals surface area contributed by atoms with Crippen molar-refractivity contribution in [3.63, 3.8) is 0 Å². The van der Waals surface area contributed by atoms with E-state index in [-0.39, 0.29) is 5.91 Å². The van der Waals surface area contributed by atoms with Crippen LogP contribution in [-0.4, -0.2) is 29.1 Å². The maximum atomic E-state index is 12.4. The highest BCUT2D eigenvalue weighted by atomic mass is 16.6. The predicted molar refractivity (Wildman–Crippen MR) is 84.1 cm³/mol. The number of nitrogens with zero attached hydrogens (tertiary/aromatic N) is 2. The number of hydrogen-bond acceptors (Lipinski definition) is 5. The second-order valence-electron chi connectivity index (χ2n) is 5.81. The molecule has 118 valence electrons. The predicted octanol–water partition coefficient (Wildman–Crippen LogP) is 2.69. The Balaban J connectivity index is 1.53. The normalized spacial score (nSPS) is 16.0. The Morgan fingerprint density at radius 1 is 1.22 bits per heavy atom. The second-order valence-corrected chi connectivity index (χ2v) is 5.81. The minimum absolute atomic E-state index is 0.221. The molecular formula is C17H17N3O3. The third-order valence-electron chi connectivity index (χ3n) is 3.99. The Morgan fingerprint density at radius 3 is 2.74 bits per heavy atom. The van der Waals surface area contributed by atoms with Crippen molar-refractivity contribution in [1.82, 2.24) is 9.97 Å². The molecule has 1 amide bonds. The summed E-state index contributed by atoms with van der Waals surface area (Å²) in [6.45, 7) is 2.90. The van der Waals surface area contributed by atoms with Crippen LogP contribution in [0, 0.1) is 6.92 Å². The van der Waals surface area contributed by atoms with Crippen LogP contribution in [0.3, 0.4) is 0 Å². The van der Waals surface area contributed by atoms with Gasteiger partial charge >= 0.3 is 0 Å². The number of anilines is 1. The lowest BCUT2D eigenvalue weighted by molar-refractivity contribution is 0.102. The van der Waals surface area contributed by atoms with Gasteiger partial charge in [-0.2, -0.15) is 0 Å². The lowest BCUT2D eigenvalue weighted by atomic mass is 10.2. The maximum Gasteiger partial charge on any atom is 0.259 e. The van der Waals surface area contributed by atoms with Crippen LogP contribution < -0.4 is 14.8 Å². The first-order chi connectivity index (χ1) is 11.2. The highest BCUT2D eigenvalue weighted by Crippen LogP contribution is 2.38. The van der Waals surface area contributed by atoms with Gasteiger partial charge in [0.25, 0.3) is 5.91 Å². The Morgan fingerprint density at radius 2 is 2.00 bits per heavy atom. The number of hydrogen-bond donors (Lipinski definition) is 1. The smallest absolute Gasteiger partial charge is 0.259 e. The molecule has 0 spiro atoms. The molecule has 6 nitrogen and oxygen atoms in total. The van der Waals surface area contributed by atoms with Crippen molar-refractivity contribution in [3.05, 3.63) is 41.5 Å². The van der Waals surface area contributed by atoms with E-state index in [0.717, 1.165) is 18.7 Å². The van der Waals surface area contributed by atoms with E-state index in [1.807, 2.05) is 6.92 Å². The summed E-state index contributed by atoms with van der Waals surface area (Å²) in [6.07, 6.45) is 3.90. The van der Waals surface area contributed by atoms with Gasteiger partial charge < -0.3 is 14.8 Å². The molecule has 1 aliphatic carbocycles. The number of benzene rings is 1. The number of aryl methyl sites for hydroxylation is 1. The fraction of sp³-hybridized carbons (Fsp3) is 0.353. The summed E-state index contributed by atoms with van der Waals surface area (Å²) in [5, 5.41) is 2.86. The fourth-order valence-corrected chi connectivity index (χ4v) is 2.57. The van der Waals surface area contributed by atoms with E-state index in [2.05, 4.69) is 15.3 Å². The second kappa shape index (κ2) is 5.53. The van der Waals surface area contributed by atoms with E-state index in [0.29, 0.717) is 47.6 Å². The molecule has 2 aliphatic rings. The summed E-state index contributed by atoms with van der Waals surface area (Å²) in [5.74, 6) is 2.44. The van der Waals surface area contributed by atoms with Gasteiger partial charge in [-0.05, 0) is 31.9 Å². The van der Waals surface area contributed by atoms with Gasteiger partial charge in [0.05, 0.1) is 11.3 Å². The van der Waals surface area contributed by atoms with Crippen LogP contribution in [0.4, 0.5) is 5.69 Å². The Labute approximate surface area is 133 Å². The van der Waals surface area contributed by atoms with Gasteiger partial charge in [0.15, 0.2) is 11.5 Å². The zero-order valence-corrected chi connectivity index (χ0v) is 12.8. The molecule has 4 rings (SSSR count). The SMILES string of the molecule is Cc1nc(C2CC2)ncc1C(=O)Nc1ccc2c(c1)OCCO2. The first-order valence-corrected chi connectivity index (χ1v) is 7.75. The van der Waals surface area contributed by atoms with Gasteiger partial charge in [0, 0.05) is 23.9 Å². The molecule has 1 N–H and O–H groups in total. The molecule has 1 fully saturated rings. The lowest BCUT2D eigenvalue weighted by Crippen LogP contribution is -2.17. The fourth-order valence-electron chi connectivity index (χ4n) is 2.57. The van der Waals surface area contributed by atoms with Crippen LogP contribution in [0.2, 0.25) is 0 Å². The third-order valence-corrected chi connectivity index (χ3v) is 3.99. The van der Waals surface area contributed by atoms with Crippen molar-refractivity contribution in [2.24, 2.45) is 0 Å². The van der Waals surface area contributed by atoms with Gasteiger partial charge in [-0.3, -0.25) is 4.79 Å². The number of amides is 1. The summed E-state index contributed by atoms with van der Waals surface area (Å²) < 4.78 is 11.0. The van der Waals surface area contributed by atoms with Crippen molar-refractivity contribution >= 4 is 11.6 Å². The molecule has 6 heteroatoms. The van der Waals surface area contributed by atoms with Gasteiger partial charge in [0.1, 0.15) is 19.0 Å². The Bertz CT molecular complexity index is 772. The molecule has 1 saturated carbocycles. The van der Waals surface area contributed by atoms with Crippen LogP contribution in [0.25, 0.3) is 0 Å². The molecule has 2 aromatic rings. The molecule has 1 aromatic carbocycles. The van der Waals surface area contributed by atoms with Gasteiger partial charge in [-0.25, -0.2) is 9.97 Å². The molecule has 1 aromatic heterocycles. The van der Waals surface area contributed by atoms with Gasteiger partial charge in [-0.15, -0.1) is 0 Å². The Kier molecular flexibility index (Phi) is 3.37.